The molecule has 92 valence electrons. The molecule has 0 aliphatic carbocycles. The highest BCUT2D eigenvalue weighted by molar-refractivity contribution is 4.85. The highest BCUT2D eigenvalue weighted by Gasteiger charge is 2.27. The summed E-state index contributed by atoms with van der Waals surface area (Å²) < 4.78 is 0. The zero-order chi connectivity index (χ0) is 11.9. The number of rotatable bonds is 8. The fraction of sp³-hybridized carbons (Fsp3) is 1.00. The molecule has 0 rings (SSSR count). The summed E-state index contributed by atoms with van der Waals surface area (Å²) in [6.45, 7) is 14.5. The molecule has 2 N–H and O–H groups in total. The van der Waals surface area contributed by atoms with Gasteiger partial charge < -0.3 is 5.73 Å². The van der Waals surface area contributed by atoms with Crippen LogP contribution in [-0.2, 0) is 0 Å². The smallest absolute Gasteiger partial charge is 0.0300 e. The molecular weight excluding hydrogens is 184 g/mol. The molecule has 0 amide bonds. The van der Waals surface area contributed by atoms with E-state index in [1.54, 1.807) is 0 Å². The maximum absolute atomic E-state index is 5.91. The number of hydrogen-bond donors (Lipinski definition) is 1. The Morgan fingerprint density at radius 2 is 1.80 bits per heavy atom. The normalized spacial score (nSPS) is 16.0. The Balaban J connectivity index is 4.34. The van der Waals surface area contributed by atoms with E-state index in [4.69, 9.17) is 5.73 Å². The van der Waals surface area contributed by atoms with Crippen molar-refractivity contribution in [2.75, 3.05) is 19.6 Å². The summed E-state index contributed by atoms with van der Waals surface area (Å²) in [6.07, 6.45) is 3.63. The van der Waals surface area contributed by atoms with Crippen molar-refractivity contribution in [2.45, 2.75) is 59.4 Å². The van der Waals surface area contributed by atoms with E-state index in [2.05, 4.69) is 39.5 Å². The Bertz CT molecular complexity index is 151. The molecule has 0 aliphatic heterocycles. The molecule has 0 spiro atoms. The molecule has 0 aromatic heterocycles. The highest BCUT2D eigenvalue weighted by Crippen LogP contribution is 2.19. The van der Waals surface area contributed by atoms with Crippen molar-refractivity contribution < 1.29 is 0 Å². The Morgan fingerprint density at radius 1 is 1.20 bits per heavy atom. The van der Waals surface area contributed by atoms with Gasteiger partial charge in [0.05, 0.1) is 0 Å². The second-order valence-corrected chi connectivity index (χ2v) is 5.22. The van der Waals surface area contributed by atoms with E-state index in [1.807, 2.05) is 0 Å². The molecule has 15 heavy (non-hydrogen) atoms. The van der Waals surface area contributed by atoms with Gasteiger partial charge in [-0.05, 0) is 45.2 Å². The fourth-order valence-electron chi connectivity index (χ4n) is 1.83. The predicted octanol–water partition coefficient (Wildman–Crippen LogP) is 2.87. The highest BCUT2D eigenvalue weighted by atomic mass is 15.2. The summed E-state index contributed by atoms with van der Waals surface area (Å²) in [6, 6.07) is 0. The standard InChI is InChI=1S/C13H30N2/c1-6-9-15(10-8-12(3)4)13(5,7-2)11-14/h12H,6-11,14H2,1-5H3. The lowest BCUT2D eigenvalue weighted by atomic mass is 9.95. The van der Waals surface area contributed by atoms with Crippen LogP contribution in [0.15, 0.2) is 0 Å². The minimum absolute atomic E-state index is 0.199. The lowest BCUT2D eigenvalue weighted by Crippen LogP contribution is -2.52. The van der Waals surface area contributed by atoms with Gasteiger partial charge in [0.15, 0.2) is 0 Å². The molecule has 2 nitrogen and oxygen atoms in total. The molecule has 0 aliphatic rings. The van der Waals surface area contributed by atoms with Crippen LogP contribution in [0.1, 0.15) is 53.9 Å². The lowest BCUT2D eigenvalue weighted by Gasteiger charge is -2.40. The number of nitrogens with zero attached hydrogens (tertiary/aromatic N) is 1. The van der Waals surface area contributed by atoms with E-state index < -0.39 is 0 Å². The number of nitrogens with two attached hydrogens (primary N) is 1. The van der Waals surface area contributed by atoms with Crippen LogP contribution >= 0.6 is 0 Å². The van der Waals surface area contributed by atoms with Gasteiger partial charge in [0.2, 0.25) is 0 Å². The van der Waals surface area contributed by atoms with Gasteiger partial charge in [0.1, 0.15) is 0 Å². The van der Waals surface area contributed by atoms with Crippen LogP contribution in [0, 0.1) is 5.92 Å². The van der Waals surface area contributed by atoms with Gasteiger partial charge >= 0.3 is 0 Å². The van der Waals surface area contributed by atoms with Gasteiger partial charge in [-0.1, -0.05) is 27.7 Å². The monoisotopic (exact) mass is 214 g/mol. The molecule has 0 saturated heterocycles. The fourth-order valence-corrected chi connectivity index (χ4v) is 1.83. The third-order valence-electron chi connectivity index (χ3n) is 3.43. The van der Waals surface area contributed by atoms with Crippen LogP contribution in [0.5, 0.6) is 0 Å². The first-order valence-electron chi connectivity index (χ1n) is 6.45. The van der Waals surface area contributed by atoms with Crippen molar-refractivity contribution in [2.24, 2.45) is 11.7 Å². The summed E-state index contributed by atoms with van der Waals surface area (Å²) >= 11 is 0. The molecule has 1 unspecified atom stereocenters. The SMILES string of the molecule is CCCN(CCC(C)C)C(C)(CC)CN. The molecule has 0 heterocycles. The first kappa shape index (κ1) is 14.9. The lowest BCUT2D eigenvalue weighted by molar-refractivity contribution is 0.0997. The van der Waals surface area contributed by atoms with E-state index >= 15 is 0 Å². The first-order valence-corrected chi connectivity index (χ1v) is 6.45. The molecule has 0 bridgehead atoms. The van der Waals surface area contributed by atoms with Crippen LogP contribution in [0.25, 0.3) is 0 Å². The molecule has 0 saturated carbocycles. The molecule has 0 radical (unpaired) electrons. The van der Waals surface area contributed by atoms with Crippen molar-refractivity contribution in [1.82, 2.24) is 4.90 Å². The second kappa shape index (κ2) is 7.24. The summed E-state index contributed by atoms with van der Waals surface area (Å²) in [5.74, 6) is 0.781. The summed E-state index contributed by atoms with van der Waals surface area (Å²) in [5, 5.41) is 0. The first-order chi connectivity index (χ1) is 7.00. The largest absolute Gasteiger partial charge is 0.329 e. The molecule has 0 aromatic rings. The minimum atomic E-state index is 0.199. The molecule has 1 atom stereocenters. The average Bonchev–Trinajstić information content (AvgIpc) is 2.22. The Labute approximate surface area is 96.2 Å². The van der Waals surface area contributed by atoms with Crippen LogP contribution in [-0.4, -0.2) is 30.1 Å². The van der Waals surface area contributed by atoms with Gasteiger partial charge in [0, 0.05) is 12.1 Å². The van der Waals surface area contributed by atoms with Crippen LogP contribution < -0.4 is 5.73 Å². The molecule has 0 aromatic carbocycles. The minimum Gasteiger partial charge on any atom is -0.329 e. The van der Waals surface area contributed by atoms with Crippen LogP contribution in [0.3, 0.4) is 0 Å². The van der Waals surface area contributed by atoms with Crippen LogP contribution in [0.2, 0.25) is 0 Å². The zero-order valence-corrected chi connectivity index (χ0v) is 11.3. The van der Waals surface area contributed by atoms with Gasteiger partial charge in [-0.3, -0.25) is 4.90 Å². The van der Waals surface area contributed by atoms with E-state index in [9.17, 15) is 0 Å². The van der Waals surface area contributed by atoms with Gasteiger partial charge in [-0.15, -0.1) is 0 Å². The maximum atomic E-state index is 5.91. The molecule has 0 fully saturated rings. The van der Waals surface area contributed by atoms with Gasteiger partial charge in [-0.2, -0.15) is 0 Å². The quantitative estimate of drug-likeness (QED) is 0.673. The third kappa shape index (κ3) is 4.98. The van der Waals surface area contributed by atoms with Gasteiger partial charge in [0.25, 0.3) is 0 Å². The third-order valence-corrected chi connectivity index (χ3v) is 3.43. The van der Waals surface area contributed by atoms with Gasteiger partial charge in [-0.25, -0.2) is 0 Å². The Hall–Kier alpha value is -0.0800. The van der Waals surface area contributed by atoms with E-state index in [1.165, 1.54) is 25.9 Å². The number of hydrogen-bond acceptors (Lipinski definition) is 2. The van der Waals surface area contributed by atoms with Crippen molar-refractivity contribution >= 4 is 0 Å². The van der Waals surface area contributed by atoms with Crippen LogP contribution in [0.4, 0.5) is 0 Å². The van der Waals surface area contributed by atoms with Crippen molar-refractivity contribution in [3.8, 4) is 0 Å². The van der Waals surface area contributed by atoms with E-state index in [0.29, 0.717) is 0 Å². The topological polar surface area (TPSA) is 29.3 Å². The average molecular weight is 214 g/mol. The Morgan fingerprint density at radius 3 is 2.13 bits per heavy atom. The van der Waals surface area contributed by atoms with E-state index in [0.717, 1.165) is 18.9 Å². The predicted molar refractivity (Wildman–Crippen MR) is 69.1 cm³/mol. The summed E-state index contributed by atoms with van der Waals surface area (Å²) in [5.41, 5.74) is 6.11. The second-order valence-electron chi connectivity index (χ2n) is 5.22. The summed E-state index contributed by atoms with van der Waals surface area (Å²) in [7, 11) is 0. The molecular formula is C13H30N2. The molecule has 2 heteroatoms. The zero-order valence-electron chi connectivity index (χ0n) is 11.3. The van der Waals surface area contributed by atoms with Crippen molar-refractivity contribution in [3.05, 3.63) is 0 Å². The maximum Gasteiger partial charge on any atom is 0.0300 e. The summed E-state index contributed by atoms with van der Waals surface area (Å²) in [4.78, 5) is 2.58. The Kier molecular flexibility index (Phi) is 7.20. The van der Waals surface area contributed by atoms with Crippen molar-refractivity contribution in [1.29, 1.82) is 0 Å². The van der Waals surface area contributed by atoms with E-state index in [-0.39, 0.29) is 5.54 Å². The van der Waals surface area contributed by atoms with Crippen molar-refractivity contribution in [3.63, 3.8) is 0 Å².